The summed E-state index contributed by atoms with van der Waals surface area (Å²) >= 11 is 0. The molecule has 0 aliphatic carbocycles. The summed E-state index contributed by atoms with van der Waals surface area (Å²) in [6, 6.07) is 26.3. The molecule has 0 saturated carbocycles. The molecule has 0 atom stereocenters. The zero-order valence-electron chi connectivity index (χ0n) is 18.5. The number of sulfonamides is 1. The van der Waals surface area contributed by atoms with Gasteiger partial charge < -0.3 is 10.2 Å². The maximum Gasteiger partial charge on any atom is 0.240 e. The van der Waals surface area contributed by atoms with Crippen LogP contribution in [0, 0.1) is 5.92 Å². The van der Waals surface area contributed by atoms with E-state index < -0.39 is 10.0 Å². The van der Waals surface area contributed by atoms with Gasteiger partial charge in [-0.1, -0.05) is 48.5 Å². The molecule has 0 aromatic heterocycles. The van der Waals surface area contributed by atoms with Gasteiger partial charge in [-0.2, -0.15) is 0 Å². The number of para-hydroxylation sites is 1. The summed E-state index contributed by atoms with van der Waals surface area (Å²) in [5, 5.41) is 2.94. The number of carbonyl (C=O) groups excluding carboxylic acids is 1. The highest BCUT2D eigenvalue weighted by atomic mass is 32.2. The van der Waals surface area contributed by atoms with E-state index in [1.165, 1.54) is 17.8 Å². The number of benzene rings is 3. The third-order valence-electron chi connectivity index (χ3n) is 5.97. The molecule has 2 N–H and O–H groups in total. The van der Waals surface area contributed by atoms with Crippen molar-refractivity contribution in [1.82, 2.24) is 4.72 Å². The normalized spacial score (nSPS) is 14.7. The second-order valence-corrected chi connectivity index (χ2v) is 10.0. The quantitative estimate of drug-likeness (QED) is 0.528. The number of amides is 1. The maximum atomic E-state index is 12.7. The van der Waals surface area contributed by atoms with Gasteiger partial charge in [0, 0.05) is 36.9 Å². The molecule has 0 bridgehead atoms. The van der Waals surface area contributed by atoms with E-state index in [0.29, 0.717) is 18.7 Å². The predicted molar refractivity (Wildman–Crippen MR) is 132 cm³/mol. The minimum absolute atomic E-state index is 0.0145. The van der Waals surface area contributed by atoms with Gasteiger partial charge in [0.2, 0.25) is 15.9 Å². The number of rotatable bonds is 8. The molecule has 1 aliphatic rings. The predicted octanol–water partition coefficient (Wildman–Crippen LogP) is 4.06. The van der Waals surface area contributed by atoms with E-state index in [9.17, 15) is 13.2 Å². The van der Waals surface area contributed by atoms with Crippen LogP contribution in [0.3, 0.4) is 0 Å². The Labute approximate surface area is 195 Å². The van der Waals surface area contributed by atoms with Gasteiger partial charge in [-0.3, -0.25) is 4.79 Å². The van der Waals surface area contributed by atoms with Crippen LogP contribution >= 0.6 is 0 Å². The Morgan fingerprint density at radius 1 is 0.848 bits per heavy atom. The molecule has 0 spiro atoms. The number of nitrogens with one attached hydrogen (secondary N) is 2. The molecule has 3 aromatic carbocycles. The molecule has 1 fully saturated rings. The monoisotopic (exact) mass is 463 g/mol. The minimum Gasteiger partial charge on any atom is -0.371 e. The Bertz CT molecular complexity index is 1140. The van der Waals surface area contributed by atoms with E-state index in [1.54, 1.807) is 12.1 Å². The number of carbonyl (C=O) groups is 1. The molecule has 1 aliphatic heterocycles. The number of nitrogens with zero attached hydrogens (tertiary/aromatic N) is 1. The summed E-state index contributed by atoms with van der Waals surface area (Å²) in [5.41, 5.74) is 2.87. The van der Waals surface area contributed by atoms with Crippen LogP contribution in [0.1, 0.15) is 18.4 Å². The van der Waals surface area contributed by atoms with Crippen molar-refractivity contribution in [3.63, 3.8) is 0 Å². The Balaban J connectivity index is 1.27. The molecule has 3 aromatic rings. The molecule has 7 heteroatoms. The van der Waals surface area contributed by atoms with Gasteiger partial charge in [-0.15, -0.1) is 0 Å². The summed E-state index contributed by atoms with van der Waals surface area (Å²) < 4.78 is 27.7. The molecule has 0 radical (unpaired) electrons. The number of hydrogen-bond acceptors (Lipinski definition) is 4. The van der Waals surface area contributed by atoms with Crippen molar-refractivity contribution in [3.05, 3.63) is 90.5 Å². The average Bonchev–Trinajstić information content (AvgIpc) is 2.85. The minimum atomic E-state index is -3.60. The molecule has 0 unspecified atom stereocenters. The summed E-state index contributed by atoms with van der Waals surface area (Å²) in [6.07, 6.45) is 2.20. The molecule has 1 saturated heterocycles. The van der Waals surface area contributed by atoms with E-state index in [0.717, 1.165) is 31.5 Å². The maximum absolute atomic E-state index is 12.7. The highest BCUT2D eigenvalue weighted by Crippen LogP contribution is 2.24. The van der Waals surface area contributed by atoms with Crippen LogP contribution < -0.4 is 14.9 Å². The van der Waals surface area contributed by atoms with E-state index in [2.05, 4.69) is 27.1 Å². The Morgan fingerprint density at radius 3 is 2.09 bits per heavy atom. The molecule has 1 heterocycles. The molecule has 4 rings (SSSR count). The smallest absolute Gasteiger partial charge is 0.240 e. The van der Waals surface area contributed by atoms with Crippen LogP contribution in [-0.2, 0) is 21.2 Å². The molecular formula is C26H29N3O3S. The van der Waals surface area contributed by atoms with Crippen molar-refractivity contribution in [1.29, 1.82) is 0 Å². The first kappa shape index (κ1) is 23.0. The van der Waals surface area contributed by atoms with Gasteiger partial charge in [0.15, 0.2) is 0 Å². The second-order valence-electron chi connectivity index (χ2n) is 8.24. The first-order valence-corrected chi connectivity index (χ1v) is 12.7. The standard InChI is InChI=1S/C26H29N3O3S/c30-26(22-16-19-29(20-17-22)24-9-5-2-6-10-24)28-23-11-13-25(14-12-23)33(31,32)27-18-15-21-7-3-1-4-8-21/h1-14,22,27H,15-20H2,(H,28,30). The number of hydrogen-bond donors (Lipinski definition) is 2. The Kier molecular flexibility index (Phi) is 7.42. The molecule has 33 heavy (non-hydrogen) atoms. The molecule has 6 nitrogen and oxygen atoms in total. The lowest BCUT2D eigenvalue weighted by atomic mass is 9.95. The first-order chi connectivity index (χ1) is 16.0. The number of piperidine rings is 1. The van der Waals surface area contributed by atoms with Crippen molar-refractivity contribution in [2.24, 2.45) is 5.92 Å². The van der Waals surface area contributed by atoms with Gasteiger partial charge in [0.05, 0.1) is 4.90 Å². The lowest BCUT2D eigenvalue weighted by molar-refractivity contribution is -0.120. The van der Waals surface area contributed by atoms with Gasteiger partial charge in [-0.05, 0) is 61.2 Å². The zero-order valence-corrected chi connectivity index (χ0v) is 19.3. The fraction of sp³-hybridized carbons (Fsp3) is 0.269. The van der Waals surface area contributed by atoms with Crippen LogP contribution in [0.25, 0.3) is 0 Å². The van der Waals surface area contributed by atoms with Crippen molar-refractivity contribution >= 4 is 27.3 Å². The summed E-state index contributed by atoms with van der Waals surface area (Å²) in [6.45, 7) is 2.01. The average molecular weight is 464 g/mol. The van der Waals surface area contributed by atoms with Gasteiger partial charge >= 0.3 is 0 Å². The van der Waals surface area contributed by atoms with Crippen LogP contribution in [0.5, 0.6) is 0 Å². The third kappa shape index (κ3) is 6.21. The second kappa shape index (κ2) is 10.6. The molecular weight excluding hydrogens is 434 g/mol. The summed E-state index contributed by atoms with van der Waals surface area (Å²) in [4.78, 5) is 15.2. The molecule has 1 amide bonds. The zero-order chi connectivity index (χ0) is 23.1. The summed E-state index contributed by atoms with van der Waals surface area (Å²) in [7, 11) is -3.60. The number of anilines is 2. The van der Waals surface area contributed by atoms with Crippen LogP contribution in [0.2, 0.25) is 0 Å². The highest BCUT2D eigenvalue weighted by Gasteiger charge is 2.25. The van der Waals surface area contributed by atoms with Crippen LogP contribution in [0.4, 0.5) is 11.4 Å². The lowest BCUT2D eigenvalue weighted by Crippen LogP contribution is -2.38. The van der Waals surface area contributed by atoms with Crippen molar-refractivity contribution in [2.75, 3.05) is 29.9 Å². The first-order valence-electron chi connectivity index (χ1n) is 11.3. The van der Waals surface area contributed by atoms with Crippen molar-refractivity contribution in [3.8, 4) is 0 Å². The third-order valence-corrected chi connectivity index (χ3v) is 7.44. The van der Waals surface area contributed by atoms with Crippen LogP contribution in [-0.4, -0.2) is 34.0 Å². The Hall–Kier alpha value is -3.16. The lowest BCUT2D eigenvalue weighted by Gasteiger charge is -2.33. The van der Waals surface area contributed by atoms with E-state index in [1.807, 2.05) is 48.5 Å². The largest absolute Gasteiger partial charge is 0.371 e. The molecule has 172 valence electrons. The van der Waals surface area contributed by atoms with E-state index >= 15 is 0 Å². The van der Waals surface area contributed by atoms with Crippen molar-refractivity contribution < 1.29 is 13.2 Å². The highest BCUT2D eigenvalue weighted by molar-refractivity contribution is 7.89. The fourth-order valence-electron chi connectivity index (χ4n) is 4.06. The Morgan fingerprint density at radius 2 is 1.45 bits per heavy atom. The van der Waals surface area contributed by atoms with Gasteiger partial charge in [-0.25, -0.2) is 13.1 Å². The van der Waals surface area contributed by atoms with Gasteiger partial charge in [0.1, 0.15) is 0 Å². The fourth-order valence-corrected chi connectivity index (χ4v) is 5.09. The van der Waals surface area contributed by atoms with Crippen LogP contribution in [0.15, 0.2) is 89.8 Å². The summed E-state index contributed by atoms with van der Waals surface area (Å²) in [5.74, 6) is -0.0627. The van der Waals surface area contributed by atoms with E-state index in [-0.39, 0.29) is 16.7 Å². The van der Waals surface area contributed by atoms with E-state index in [4.69, 9.17) is 0 Å². The topological polar surface area (TPSA) is 78.5 Å². The SMILES string of the molecule is O=C(Nc1ccc(S(=O)(=O)NCCc2ccccc2)cc1)C1CCN(c2ccccc2)CC1. The van der Waals surface area contributed by atoms with Gasteiger partial charge in [0.25, 0.3) is 0 Å². The van der Waals surface area contributed by atoms with Crippen molar-refractivity contribution in [2.45, 2.75) is 24.2 Å².